The van der Waals surface area contributed by atoms with E-state index in [-0.39, 0.29) is 5.41 Å². The van der Waals surface area contributed by atoms with Crippen LogP contribution in [0.1, 0.15) is 26.6 Å². The second-order valence-corrected chi connectivity index (χ2v) is 5.70. The van der Waals surface area contributed by atoms with E-state index in [2.05, 4.69) is 45.7 Å². The molecule has 0 spiro atoms. The quantitative estimate of drug-likeness (QED) is 0.706. The molecule has 0 unspecified atom stereocenters. The lowest BCUT2D eigenvalue weighted by atomic mass is 9.96. The van der Waals surface area contributed by atoms with Crippen LogP contribution in [0.5, 0.6) is 0 Å². The van der Waals surface area contributed by atoms with E-state index in [0.29, 0.717) is 22.8 Å². The zero-order valence-electron chi connectivity index (χ0n) is 11.7. The van der Waals surface area contributed by atoms with Gasteiger partial charge in [-0.05, 0) is 12.1 Å². The van der Waals surface area contributed by atoms with Crippen molar-refractivity contribution in [1.82, 2.24) is 24.9 Å². The molecule has 0 aliphatic heterocycles. The molecule has 0 fully saturated rings. The number of aromatic nitrogens is 5. The molecule has 0 saturated heterocycles. The summed E-state index contributed by atoms with van der Waals surface area (Å²) < 4.78 is 0. The summed E-state index contributed by atoms with van der Waals surface area (Å²) in [6, 6.07) is 3.69. The number of imidazole rings is 1. The molecule has 0 amide bonds. The fourth-order valence-electron chi connectivity index (χ4n) is 1.90. The van der Waals surface area contributed by atoms with Gasteiger partial charge in [-0.25, -0.2) is 15.0 Å². The van der Waals surface area contributed by atoms with Gasteiger partial charge in [0.05, 0.1) is 0 Å². The molecule has 0 radical (unpaired) electrons. The molecule has 0 atom stereocenters. The average molecular weight is 268 g/mol. The Morgan fingerprint density at radius 3 is 2.40 bits per heavy atom. The molecule has 0 aliphatic carbocycles. The van der Waals surface area contributed by atoms with E-state index < -0.39 is 0 Å². The van der Waals surface area contributed by atoms with E-state index in [4.69, 9.17) is 5.73 Å². The highest BCUT2D eigenvalue weighted by molar-refractivity contribution is 5.83. The molecule has 0 saturated carbocycles. The van der Waals surface area contributed by atoms with Crippen molar-refractivity contribution in [3.05, 3.63) is 30.4 Å². The lowest BCUT2D eigenvalue weighted by Gasteiger charge is -2.13. The maximum absolute atomic E-state index is 6.01. The van der Waals surface area contributed by atoms with Crippen molar-refractivity contribution in [3.8, 4) is 11.4 Å². The van der Waals surface area contributed by atoms with Crippen LogP contribution in [0.4, 0.5) is 5.82 Å². The zero-order chi connectivity index (χ0) is 14.3. The second-order valence-electron chi connectivity index (χ2n) is 5.70. The first-order chi connectivity index (χ1) is 9.45. The molecule has 3 rings (SSSR count). The Labute approximate surface area is 116 Å². The van der Waals surface area contributed by atoms with Crippen molar-refractivity contribution in [1.29, 1.82) is 0 Å². The number of hydrogen-bond acceptors (Lipinski definition) is 5. The van der Waals surface area contributed by atoms with Crippen LogP contribution in [-0.4, -0.2) is 24.9 Å². The van der Waals surface area contributed by atoms with Gasteiger partial charge < -0.3 is 10.7 Å². The molecule has 20 heavy (non-hydrogen) atoms. The zero-order valence-corrected chi connectivity index (χ0v) is 11.7. The molecule has 3 N–H and O–H groups in total. The van der Waals surface area contributed by atoms with E-state index in [9.17, 15) is 0 Å². The normalized spacial score (nSPS) is 11.9. The van der Waals surface area contributed by atoms with Crippen molar-refractivity contribution >= 4 is 17.0 Å². The number of anilines is 1. The standard InChI is InChI=1S/C14H16N6/c1-14(2,3)13-17-9-10(15)18-11(19-12(9)20-13)8-4-6-16-7-5-8/h4-7H,1-3H3,(H3,15,17,18,19,20). The molecule has 3 aromatic rings. The van der Waals surface area contributed by atoms with Crippen LogP contribution in [0, 0.1) is 0 Å². The summed E-state index contributed by atoms with van der Waals surface area (Å²) in [7, 11) is 0. The molecule has 6 heteroatoms. The van der Waals surface area contributed by atoms with Crippen LogP contribution in [0.25, 0.3) is 22.6 Å². The maximum atomic E-state index is 6.01. The molecule has 0 aliphatic rings. The molecular weight excluding hydrogens is 252 g/mol. The Balaban J connectivity index is 2.19. The molecule has 0 bridgehead atoms. The highest BCUT2D eigenvalue weighted by atomic mass is 15.1. The lowest BCUT2D eigenvalue weighted by molar-refractivity contribution is 0.554. The highest BCUT2D eigenvalue weighted by Crippen LogP contribution is 2.25. The van der Waals surface area contributed by atoms with Crippen LogP contribution in [0.3, 0.4) is 0 Å². The monoisotopic (exact) mass is 268 g/mol. The number of rotatable bonds is 1. The van der Waals surface area contributed by atoms with Crippen LogP contribution in [-0.2, 0) is 5.41 Å². The van der Waals surface area contributed by atoms with Crippen molar-refractivity contribution in [2.24, 2.45) is 0 Å². The lowest BCUT2D eigenvalue weighted by Crippen LogP contribution is -2.13. The van der Waals surface area contributed by atoms with Gasteiger partial charge in [-0.3, -0.25) is 4.98 Å². The van der Waals surface area contributed by atoms with Crippen molar-refractivity contribution in [2.45, 2.75) is 26.2 Å². The summed E-state index contributed by atoms with van der Waals surface area (Å²) in [5.74, 6) is 1.81. The van der Waals surface area contributed by atoms with Gasteiger partial charge in [-0.2, -0.15) is 0 Å². The Morgan fingerprint density at radius 2 is 1.75 bits per heavy atom. The van der Waals surface area contributed by atoms with E-state index in [1.54, 1.807) is 12.4 Å². The van der Waals surface area contributed by atoms with Crippen LogP contribution >= 0.6 is 0 Å². The van der Waals surface area contributed by atoms with Gasteiger partial charge in [0.25, 0.3) is 0 Å². The van der Waals surface area contributed by atoms with Gasteiger partial charge in [0.1, 0.15) is 11.3 Å². The number of H-pyrrole nitrogens is 1. The first-order valence-electron chi connectivity index (χ1n) is 6.39. The number of pyridine rings is 1. The molecule has 102 valence electrons. The Kier molecular flexibility index (Phi) is 2.67. The van der Waals surface area contributed by atoms with Gasteiger partial charge in [-0.1, -0.05) is 20.8 Å². The Hall–Kier alpha value is -2.50. The van der Waals surface area contributed by atoms with Gasteiger partial charge >= 0.3 is 0 Å². The van der Waals surface area contributed by atoms with Crippen LogP contribution in [0.15, 0.2) is 24.5 Å². The minimum atomic E-state index is -0.0933. The van der Waals surface area contributed by atoms with E-state index in [1.165, 1.54) is 0 Å². The summed E-state index contributed by atoms with van der Waals surface area (Å²) in [6.45, 7) is 6.24. The summed E-state index contributed by atoms with van der Waals surface area (Å²) in [5.41, 5.74) is 8.07. The van der Waals surface area contributed by atoms with E-state index in [1.807, 2.05) is 12.1 Å². The fraction of sp³-hybridized carbons (Fsp3) is 0.286. The van der Waals surface area contributed by atoms with Gasteiger partial charge in [0.15, 0.2) is 17.3 Å². The van der Waals surface area contributed by atoms with Crippen molar-refractivity contribution < 1.29 is 0 Å². The summed E-state index contributed by atoms with van der Waals surface area (Å²) in [6.07, 6.45) is 3.40. The minimum Gasteiger partial charge on any atom is -0.382 e. The summed E-state index contributed by atoms with van der Waals surface area (Å²) in [5, 5.41) is 0. The van der Waals surface area contributed by atoms with Crippen molar-refractivity contribution in [2.75, 3.05) is 5.73 Å². The fourth-order valence-corrected chi connectivity index (χ4v) is 1.90. The third-order valence-electron chi connectivity index (χ3n) is 3.03. The number of fused-ring (bicyclic) bond motifs is 1. The maximum Gasteiger partial charge on any atom is 0.183 e. The number of nitrogens with two attached hydrogens (primary N) is 1. The number of nitrogens with one attached hydrogen (secondary N) is 1. The number of hydrogen-bond donors (Lipinski definition) is 2. The smallest absolute Gasteiger partial charge is 0.183 e. The number of aromatic amines is 1. The molecule has 6 nitrogen and oxygen atoms in total. The number of nitrogens with zero attached hydrogens (tertiary/aromatic N) is 4. The SMILES string of the molecule is CC(C)(C)c1nc2nc(-c3ccncc3)nc(N)c2[nH]1. The third kappa shape index (κ3) is 2.09. The molecular formula is C14H16N6. The molecule has 3 heterocycles. The Bertz CT molecular complexity index is 754. The first-order valence-corrected chi connectivity index (χ1v) is 6.39. The Morgan fingerprint density at radius 1 is 1.05 bits per heavy atom. The van der Waals surface area contributed by atoms with Gasteiger partial charge in [-0.15, -0.1) is 0 Å². The minimum absolute atomic E-state index is 0.0933. The largest absolute Gasteiger partial charge is 0.382 e. The average Bonchev–Trinajstić information content (AvgIpc) is 2.84. The first kappa shape index (κ1) is 12.5. The van der Waals surface area contributed by atoms with E-state index in [0.717, 1.165) is 11.4 Å². The second kappa shape index (κ2) is 4.26. The summed E-state index contributed by atoms with van der Waals surface area (Å²) >= 11 is 0. The van der Waals surface area contributed by atoms with E-state index >= 15 is 0 Å². The van der Waals surface area contributed by atoms with Gasteiger partial charge in [0.2, 0.25) is 0 Å². The molecule has 3 aromatic heterocycles. The van der Waals surface area contributed by atoms with Crippen LogP contribution in [0.2, 0.25) is 0 Å². The predicted octanol–water partition coefficient (Wildman–Crippen LogP) is 2.29. The highest BCUT2D eigenvalue weighted by Gasteiger charge is 2.20. The van der Waals surface area contributed by atoms with Crippen molar-refractivity contribution in [3.63, 3.8) is 0 Å². The van der Waals surface area contributed by atoms with Crippen LogP contribution < -0.4 is 5.73 Å². The molecule has 0 aromatic carbocycles. The van der Waals surface area contributed by atoms with Gasteiger partial charge in [0, 0.05) is 23.4 Å². The number of nitrogen functional groups attached to an aromatic ring is 1. The third-order valence-corrected chi connectivity index (χ3v) is 3.03. The predicted molar refractivity (Wildman–Crippen MR) is 78.0 cm³/mol. The topological polar surface area (TPSA) is 93.4 Å². The summed E-state index contributed by atoms with van der Waals surface area (Å²) in [4.78, 5) is 20.5.